The van der Waals surface area contributed by atoms with Crippen LogP contribution in [0.15, 0.2) is 0 Å². The predicted molar refractivity (Wildman–Crippen MR) is 72.8 cm³/mol. The Bertz CT molecular complexity index is 438. The third-order valence-corrected chi connectivity index (χ3v) is 2.92. The summed E-state index contributed by atoms with van der Waals surface area (Å²) in [5, 5.41) is 3.52. The van der Waals surface area contributed by atoms with E-state index >= 15 is 0 Å². The molecule has 3 N–H and O–H groups in total. The van der Waals surface area contributed by atoms with Crippen LogP contribution in [0.2, 0.25) is 5.15 Å². The van der Waals surface area contributed by atoms with Crippen LogP contribution < -0.4 is 11.1 Å². The van der Waals surface area contributed by atoms with Crippen molar-refractivity contribution < 1.29 is 4.74 Å². The van der Waals surface area contributed by atoms with E-state index in [4.69, 9.17) is 22.1 Å². The Labute approximate surface area is 112 Å². The highest BCUT2D eigenvalue weighted by Crippen LogP contribution is 2.32. The highest BCUT2D eigenvalue weighted by Gasteiger charge is 2.24. The summed E-state index contributed by atoms with van der Waals surface area (Å²) >= 11 is 6.05. The zero-order valence-corrected chi connectivity index (χ0v) is 11.7. The first-order chi connectivity index (χ1) is 8.37. The summed E-state index contributed by atoms with van der Waals surface area (Å²) in [6.45, 7) is 6.86. The Morgan fingerprint density at radius 2 is 2.11 bits per heavy atom. The number of nitrogens with zero attached hydrogens (tertiary/aromatic N) is 2. The molecule has 2 heterocycles. The fourth-order valence-corrected chi connectivity index (χ4v) is 2.01. The number of halogens is 1. The normalized spacial score (nSPS) is 20.1. The molecule has 0 aliphatic carbocycles. The molecule has 6 heteroatoms. The zero-order chi connectivity index (χ0) is 13.3. The fourth-order valence-electron chi connectivity index (χ4n) is 1.83. The van der Waals surface area contributed by atoms with Gasteiger partial charge in [-0.3, -0.25) is 0 Å². The molecule has 0 radical (unpaired) electrons. The second kappa shape index (κ2) is 4.90. The van der Waals surface area contributed by atoms with Crippen molar-refractivity contribution >= 4 is 23.1 Å². The van der Waals surface area contributed by atoms with Crippen LogP contribution in [0.5, 0.6) is 0 Å². The van der Waals surface area contributed by atoms with Gasteiger partial charge >= 0.3 is 0 Å². The van der Waals surface area contributed by atoms with Crippen molar-refractivity contribution in [2.45, 2.75) is 45.3 Å². The van der Waals surface area contributed by atoms with E-state index in [1.54, 1.807) is 0 Å². The molecule has 1 unspecified atom stereocenters. The van der Waals surface area contributed by atoms with Crippen LogP contribution in [0.25, 0.3) is 0 Å². The summed E-state index contributed by atoms with van der Waals surface area (Å²) in [6, 6.07) is 0. The molecule has 0 spiro atoms. The number of nitrogen functional groups attached to an aromatic ring is 1. The van der Waals surface area contributed by atoms with E-state index in [2.05, 4.69) is 15.3 Å². The minimum absolute atomic E-state index is 0.0661. The topological polar surface area (TPSA) is 73.1 Å². The number of aromatic nitrogens is 2. The van der Waals surface area contributed by atoms with Gasteiger partial charge in [-0.1, -0.05) is 11.6 Å². The summed E-state index contributed by atoms with van der Waals surface area (Å²) in [5.41, 5.74) is 6.14. The zero-order valence-electron chi connectivity index (χ0n) is 11.0. The Morgan fingerprint density at radius 1 is 1.39 bits per heavy atom. The van der Waals surface area contributed by atoms with E-state index in [1.165, 1.54) is 0 Å². The van der Waals surface area contributed by atoms with Gasteiger partial charge in [0.05, 0.1) is 0 Å². The molecule has 18 heavy (non-hydrogen) atoms. The molecule has 1 aromatic rings. The van der Waals surface area contributed by atoms with E-state index in [9.17, 15) is 0 Å². The van der Waals surface area contributed by atoms with Gasteiger partial charge in [0.2, 0.25) is 0 Å². The smallest absolute Gasteiger partial charge is 0.161 e. The Kier molecular flexibility index (Phi) is 3.64. The van der Waals surface area contributed by atoms with E-state index < -0.39 is 0 Å². The van der Waals surface area contributed by atoms with Crippen molar-refractivity contribution in [2.24, 2.45) is 0 Å². The first-order valence-electron chi connectivity index (χ1n) is 6.09. The first-order valence-corrected chi connectivity index (χ1v) is 6.47. The Balaban J connectivity index is 2.33. The maximum Gasteiger partial charge on any atom is 0.161 e. The number of nitrogens with two attached hydrogens (primary N) is 1. The largest absolute Gasteiger partial charge is 0.393 e. The summed E-state index contributed by atoms with van der Waals surface area (Å²) in [4.78, 5) is 8.65. The molecular weight excluding hydrogens is 252 g/mol. The maximum atomic E-state index is 6.05. The summed E-state index contributed by atoms with van der Waals surface area (Å²) in [7, 11) is 0. The van der Waals surface area contributed by atoms with E-state index in [1.807, 2.05) is 20.8 Å². The number of ether oxygens (including phenoxy) is 1. The molecule has 0 amide bonds. The number of hydrogen-bond acceptors (Lipinski definition) is 5. The van der Waals surface area contributed by atoms with Gasteiger partial charge in [-0.2, -0.15) is 0 Å². The molecule has 1 saturated heterocycles. The summed E-state index contributed by atoms with van der Waals surface area (Å²) < 4.78 is 5.57. The van der Waals surface area contributed by atoms with E-state index in [-0.39, 0.29) is 16.8 Å². The van der Waals surface area contributed by atoms with Gasteiger partial charge in [-0.15, -0.1) is 0 Å². The lowest BCUT2D eigenvalue weighted by Crippen LogP contribution is -2.28. The third-order valence-electron chi connectivity index (χ3n) is 2.63. The van der Waals surface area contributed by atoms with Crippen molar-refractivity contribution in [1.29, 1.82) is 0 Å². The second-order valence-corrected chi connectivity index (χ2v) is 5.87. The number of hydrogen-bond donors (Lipinski definition) is 2. The van der Waals surface area contributed by atoms with Crippen LogP contribution >= 0.6 is 11.6 Å². The standard InChI is InChI=1S/C12H19ClN4O/c1-12(2,3)17-11-8(14)9(13)15-10(16-11)7-5-4-6-18-7/h7H,4-6,14H2,1-3H3,(H,15,16,17). The monoisotopic (exact) mass is 270 g/mol. The molecule has 1 aliphatic rings. The van der Waals surface area contributed by atoms with Gasteiger partial charge in [-0.05, 0) is 33.6 Å². The van der Waals surface area contributed by atoms with Gasteiger partial charge in [0.25, 0.3) is 0 Å². The Hall–Kier alpha value is -1.07. The number of anilines is 2. The molecule has 2 rings (SSSR count). The van der Waals surface area contributed by atoms with Crippen molar-refractivity contribution in [3.8, 4) is 0 Å². The lowest BCUT2D eigenvalue weighted by molar-refractivity contribution is 0.105. The van der Waals surface area contributed by atoms with E-state index in [0.29, 0.717) is 17.3 Å². The van der Waals surface area contributed by atoms with E-state index in [0.717, 1.165) is 19.4 Å². The molecule has 1 atom stereocenters. The number of rotatable bonds is 2. The molecule has 1 fully saturated rings. The molecule has 1 aliphatic heterocycles. The molecule has 100 valence electrons. The van der Waals surface area contributed by atoms with Crippen LogP contribution in [0, 0.1) is 0 Å². The highest BCUT2D eigenvalue weighted by molar-refractivity contribution is 6.32. The van der Waals surface area contributed by atoms with Crippen molar-refractivity contribution in [3.05, 3.63) is 11.0 Å². The SMILES string of the molecule is CC(C)(C)Nc1nc(C2CCCO2)nc(Cl)c1N. The summed E-state index contributed by atoms with van der Waals surface area (Å²) in [5.74, 6) is 1.19. The molecule has 1 aromatic heterocycles. The van der Waals surface area contributed by atoms with Crippen LogP contribution in [0.3, 0.4) is 0 Å². The molecule has 0 bridgehead atoms. The molecule has 5 nitrogen and oxygen atoms in total. The average molecular weight is 271 g/mol. The van der Waals surface area contributed by atoms with Crippen LogP contribution in [0.4, 0.5) is 11.5 Å². The average Bonchev–Trinajstić information content (AvgIpc) is 2.75. The van der Waals surface area contributed by atoms with Gasteiger partial charge in [0.15, 0.2) is 16.8 Å². The van der Waals surface area contributed by atoms with Crippen LogP contribution in [0.1, 0.15) is 45.5 Å². The van der Waals surface area contributed by atoms with Gasteiger partial charge in [-0.25, -0.2) is 9.97 Å². The predicted octanol–water partition coefficient (Wildman–Crippen LogP) is 2.77. The molecule has 0 saturated carbocycles. The first kappa shape index (κ1) is 13.4. The van der Waals surface area contributed by atoms with Gasteiger partial charge in [0.1, 0.15) is 11.8 Å². The van der Waals surface area contributed by atoms with Crippen molar-refractivity contribution in [2.75, 3.05) is 17.7 Å². The molecule has 0 aromatic carbocycles. The second-order valence-electron chi connectivity index (χ2n) is 5.51. The van der Waals surface area contributed by atoms with Crippen molar-refractivity contribution in [1.82, 2.24) is 9.97 Å². The van der Waals surface area contributed by atoms with Gasteiger partial charge < -0.3 is 15.8 Å². The minimum Gasteiger partial charge on any atom is -0.393 e. The lowest BCUT2D eigenvalue weighted by atomic mass is 10.1. The van der Waals surface area contributed by atoms with Crippen LogP contribution in [-0.2, 0) is 4.74 Å². The van der Waals surface area contributed by atoms with Crippen molar-refractivity contribution in [3.63, 3.8) is 0 Å². The maximum absolute atomic E-state index is 6.05. The quantitative estimate of drug-likeness (QED) is 0.809. The minimum atomic E-state index is -0.139. The fraction of sp³-hybridized carbons (Fsp3) is 0.667. The highest BCUT2D eigenvalue weighted by atomic mass is 35.5. The summed E-state index contributed by atoms with van der Waals surface area (Å²) in [6.07, 6.45) is 1.89. The number of nitrogens with one attached hydrogen (secondary N) is 1. The van der Waals surface area contributed by atoms with Crippen LogP contribution in [-0.4, -0.2) is 22.1 Å². The third kappa shape index (κ3) is 3.03. The molecular formula is C12H19ClN4O. The lowest BCUT2D eigenvalue weighted by Gasteiger charge is -2.23. The Morgan fingerprint density at radius 3 is 2.67 bits per heavy atom. The van der Waals surface area contributed by atoms with Gasteiger partial charge in [0, 0.05) is 12.1 Å².